The first-order chi connectivity index (χ1) is 20.0. The number of carbonyl (C=O) groups excluding carboxylic acids is 1. The number of hydrogen-bond donors (Lipinski definition) is 0. The van der Waals surface area contributed by atoms with E-state index < -0.39 is 42.4 Å². The van der Waals surface area contributed by atoms with E-state index >= 15 is 0 Å². The molecule has 0 N–H and O–H groups in total. The van der Waals surface area contributed by atoms with Gasteiger partial charge in [-0.15, -0.1) is 0 Å². The van der Waals surface area contributed by atoms with Crippen molar-refractivity contribution in [2.24, 2.45) is 11.3 Å². The number of nitrogens with zero attached hydrogens (tertiary/aromatic N) is 1. The second-order valence-electron chi connectivity index (χ2n) is 12.1. The molecule has 10 heteroatoms. The van der Waals surface area contributed by atoms with Gasteiger partial charge in [-0.2, -0.15) is 26.3 Å². The molecule has 0 atom stereocenters. The van der Waals surface area contributed by atoms with E-state index in [0.717, 1.165) is 48.0 Å². The summed E-state index contributed by atoms with van der Waals surface area (Å²) in [4.78, 5) is 12.3. The van der Waals surface area contributed by atoms with Crippen molar-refractivity contribution in [2.75, 3.05) is 13.2 Å². The van der Waals surface area contributed by atoms with Crippen LogP contribution in [-0.4, -0.2) is 41.5 Å². The molecular formula is C33H41F6NO3. The minimum atomic E-state index is -5.85. The van der Waals surface area contributed by atoms with Crippen molar-refractivity contribution in [3.05, 3.63) is 54.6 Å². The van der Waals surface area contributed by atoms with Crippen LogP contribution in [0.5, 0.6) is 5.75 Å². The first kappa shape index (κ1) is 34.3. The van der Waals surface area contributed by atoms with Gasteiger partial charge in [0.15, 0.2) is 13.2 Å². The minimum Gasteiger partial charge on any atom is -0.487 e. The van der Waals surface area contributed by atoms with Crippen LogP contribution >= 0.6 is 0 Å². The number of carbonyl (C=O) groups is 1. The molecule has 0 bridgehead atoms. The molecule has 3 aromatic rings. The fourth-order valence-electron chi connectivity index (χ4n) is 4.66. The van der Waals surface area contributed by atoms with Gasteiger partial charge in [-0.3, -0.25) is 4.79 Å². The quantitative estimate of drug-likeness (QED) is 0.0917. The summed E-state index contributed by atoms with van der Waals surface area (Å²) in [5.74, 6) is -17.6. The maximum Gasteiger partial charge on any atom is 0.378 e. The van der Waals surface area contributed by atoms with Crippen LogP contribution in [-0.2, 0) is 16.1 Å². The molecule has 1 heterocycles. The molecule has 43 heavy (non-hydrogen) atoms. The van der Waals surface area contributed by atoms with Crippen LogP contribution in [0.15, 0.2) is 54.6 Å². The van der Waals surface area contributed by atoms with Gasteiger partial charge in [0, 0.05) is 23.1 Å². The summed E-state index contributed by atoms with van der Waals surface area (Å²) in [6.45, 7) is 5.34. The Labute approximate surface area is 249 Å². The average molecular weight is 614 g/mol. The van der Waals surface area contributed by atoms with Crippen LogP contribution < -0.4 is 4.74 Å². The molecule has 0 fully saturated rings. The van der Waals surface area contributed by atoms with Gasteiger partial charge in [0.2, 0.25) is 0 Å². The first-order valence-corrected chi connectivity index (χ1v) is 14.6. The number of fused-ring (bicyclic) bond motifs is 1. The predicted molar refractivity (Wildman–Crippen MR) is 156 cm³/mol. The molecule has 0 aliphatic rings. The highest BCUT2D eigenvalue weighted by molar-refractivity contribution is 5.87. The highest BCUT2D eigenvalue weighted by Gasteiger charge is 2.72. The molecule has 0 radical (unpaired) electrons. The van der Waals surface area contributed by atoms with E-state index in [1.54, 1.807) is 12.1 Å². The molecule has 0 saturated carbocycles. The topological polar surface area (TPSA) is 40.5 Å². The Hall–Kier alpha value is -3.17. The van der Waals surface area contributed by atoms with Crippen LogP contribution in [0.1, 0.15) is 66.7 Å². The molecule has 0 saturated heterocycles. The summed E-state index contributed by atoms with van der Waals surface area (Å²) in [7, 11) is 0. The van der Waals surface area contributed by atoms with E-state index in [9.17, 15) is 31.1 Å². The summed E-state index contributed by atoms with van der Waals surface area (Å²) in [5, 5.41) is 1.03. The third-order valence-electron chi connectivity index (χ3n) is 7.57. The number of halogens is 6. The van der Waals surface area contributed by atoms with Gasteiger partial charge in [0.05, 0.1) is 5.41 Å². The summed E-state index contributed by atoms with van der Waals surface area (Å²) >= 11 is 0. The normalized spacial score (nSPS) is 13.1. The zero-order valence-corrected chi connectivity index (χ0v) is 25.4. The number of hydrogen-bond acceptors (Lipinski definition) is 3. The largest absolute Gasteiger partial charge is 0.487 e. The van der Waals surface area contributed by atoms with E-state index in [-0.39, 0.29) is 18.1 Å². The van der Waals surface area contributed by atoms with E-state index in [1.165, 1.54) is 26.0 Å². The molecule has 4 nitrogen and oxygen atoms in total. The summed E-state index contributed by atoms with van der Waals surface area (Å²) < 4.78 is 98.2. The highest BCUT2D eigenvalue weighted by atomic mass is 19.3. The van der Waals surface area contributed by atoms with Crippen molar-refractivity contribution in [3.8, 4) is 17.0 Å². The van der Waals surface area contributed by atoms with Crippen molar-refractivity contribution < 1.29 is 40.6 Å². The van der Waals surface area contributed by atoms with Gasteiger partial charge in [-0.25, -0.2) is 0 Å². The van der Waals surface area contributed by atoms with Gasteiger partial charge < -0.3 is 14.0 Å². The SMILES string of the molecule is CCCCCn1c(-c2ccc(OCC(F)(F)C(F)(F)C(F)(F)COC(=O)C(C)(C)CCC(C)C)cc2)cc2ccccc21. The van der Waals surface area contributed by atoms with E-state index in [2.05, 4.69) is 16.2 Å². The molecule has 0 unspecified atom stereocenters. The number of rotatable bonds is 16. The van der Waals surface area contributed by atoms with Crippen molar-refractivity contribution in [3.63, 3.8) is 0 Å². The lowest BCUT2D eigenvalue weighted by atomic mass is 9.85. The lowest BCUT2D eigenvalue weighted by Crippen LogP contribution is -2.58. The van der Waals surface area contributed by atoms with Crippen LogP contribution in [0.4, 0.5) is 26.3 Å². The average Bonchev–Trinajstić information content (AvgIpc) is 3.32. The predicted octanol–water partition coefficient (Wildman–Crippen LogP) is 9.79. The fourth-order valence-corrected chi connectivity index (χ4v) is 4.66. The monoisotopic (exact) mass is 613 g/mol. The van der Waals surface area contributed by atoms with E-state index in [4.69, 9.17) is 4.74 Å². The number of esters is 1. The summed E-state index contributed by atoms with van der Waals surface area (Å²) in [5.41, 5.74) is 1.45. The number of alkyl halides is 6. The third-order valence-corrected chi connectivity index (χ3v) is 7.57. The molecule has 0 amide bonds. The van der Waals surface area contributed by atoms with Gasteiger partial charge in [0.1, 0.15) is 5.75 Å². The van der Waals surface area contributed by atoms with Crippen LogP contribution in [0.3, 0.4) is 0 Å². The Balaban J connectivity index is 1.68. The molecule has 0 aliphatic heterocycles. The number of aryl methyl sites for hydroxylation is 1. The molecule has 0 spiro atoms. The van der Waals surface area contributed by atoms with Gasteiger partial charge in [-0.1, -0.05) is 51.8 Å². The van der Waals surface area contributed by atoms with Crippen molar-refractivity contribution >= 4 is 16.9 Å². The number of ether oxygens (including phenoxy) is 2. The zero-order chi connectivity index (χ0) is 32.1. The lowest BCUT2D eigenvalue weighted by molar-refractivity contribution is -0.322. The van der Waals surface area contributed by atoms with Crippen molar-refractivity contribution in [2.45, 2.75) is 91.0 Å². The number of benzene rings is 2. The second-order valence-corrected chi connectivity index (χ2v) is 12.1. The van der Waals surface area contributed by atoms with Gasteiger partial charge >= 0.3 is 23.7 Å². The van der Waals surface area contributed by atoms with Crippen LogP contribution in [0, 0.1) is 11.3 Å². The smallest absolute Gasteiger partial charge is 0.378 e. The Kier molecular flexibility index (Phi) is 10.9. The van der Waals surface area contributed by atoms with Crippen LogP contribution in [0.25, 0.3) is 22.2 Å². The Morgan fingerprint density at radius 2 is 1.51 bits per heavy atom. The minimum absolute atomic E-state index is 0.186. The molecule has 2 aromatic carbocycles. The van der Waals surface area contributed by atoms with E-state index in [1.807, 2.05) is 44.2 Å². The molecular weight excluding hydrogens is 572 g/mol. The highest BCUT2D eigenvalue weighted by Crippen LogP contribution is 2.46. The van der Waals surface area contributed by atoms with Crippen molar-refractivity contribution in [1.82, 2.24) is 4.57 Å². The Morgan fingerprint density at radius 3 is 2.14 bits per heavy atom. The standard InChI is InChI=1S/C33H41F6NO3/c1-6-7-10-19-40-27-12-9-8-11-25(27)20-28(40)24-13-15-26(16-14-24)42-21-31(34,35)33(38,39)32(36,37)22-43-29(41)30(4,5)18-17-23(2)3/h8-9,11-16,20,23H,6-7,10,17-19,21-22H2,1-5H3. The molecule has 0 aliphatic carbocycles. The maximum absolute atomic E-state index is 14.5. The number of aromatic nitrogens is 1. The lowest BCUT2D eigenvalue weighted by Gasteiger charge is -2.33. The molecule has 238 valence electrons. The van der Waals surface area contributed by atoms with Gasteiger partial charge in [-0.05, 0) is 81.0 Å². The summed E-state index contributed by atoms with van der Waals surface area (Å²) in [6.07, 6.45) is 3.89. The Bertz CT molecular complexity index is 1350. The first-order valence-electron chi connectivity index (χ1n) is 14.6. The molecule has 1 aromatic heterocycles. The maximum atomic E-state index is 14.5. The molecule has 3 rings (SSSR count). The fraction of sp³-hybridized carbons (Fsp3) is 0.545. The zero-order valence-electron chi connectivity index (χ0n) is 25.4. The Morgan fingerprint density at radius 1 is 0.884 bits per heavy atom. The number of para-hydroxylation sites is 1. The van der Waals surface area contributed by atoms with Crippen LogP contribution in [0.2, 0.25) is 0 Å². The number of unbranched alkanes of at least 4 members (excludes halogenated alkanes) is 2. The second kappa shape index (κ2) is 13.6. The summed E-state index contributed by atoms with van der Waals surface area (Å²) in [6, 6.07) is 15.7. The van der Waals surface area contributed by atoms with Gasteiger partial charge in [0.25, 0.3) is 0 Å². The van der Waals surface area contributed by atoms with E-state index in [0.29, 0.717) is 6.42 Å². The third kappa shape index (κ3) is 8.06. The van der Waals surface area contributed by atoms with Crippen molar-refractivity contribution in [1.29, 1.82) is 0 Å².